The SMILES string of the molecule is C[C@]1(C(N)=O)CN(CCC(F)(F)F)CCO1. The van der Waals surface area contributed by atoms with Gasteiger partial charge in [0, 0.05) is 19.6 Å². The number of hydrogen-bond acceptors (Lipinski definition) is 3. The van der Waals surface area contributed by atoms with E-state index in [1.54, 1.807) is 4.90 Å². The van der Waals surface area contributed by atoms with Gasteiger partial charge in [-0.2, -0.15) is 13.2 Å². The van der Waals surface area contributed by atoms with Crippen molar-refractivity contribution >= 4 is 5.91 Å². The van der Waals surface area contributed by atoms with E-state index < -0.39 is 24.1 Å². The monoisotopic (exact) mass is 240 g/mol. The summed E-state index contributed by atoms with van der Waals surface area (Å²) in [4.78, 5) is 12.6. The fourth-order valence-electron chi connectivity index (χ4n) is 1.58. The molecule has 0 unspecified atom stereocenters. The van der Waals surface area contributed by atoms with Crippen LogP contribution in [0.1, 0.15) is 13.3 Å². The first kappa shape index (κ1) is 13.2. The first-order valence-corrected chi connectivity index (χ1v) is 4.96. The number of nitrogens with zero attached hydrogens (tertiary/aromatic N) is 1. The van der Waals surface area contributed by atoms with Crippen LogP contribution in [0.15, 0.2) is 0 Å². The van der Waals surface area contributed by atoms with Crippen molar-refractivity contribution in [2.75, 3.05) is 26.2 Å². The third-order valence-corrected chi connectivity index (χ3v) is 2.59. The van der Waals surface area contributed by atoms with Crippen LogP contribution in [0.25, 0.3) is 0 Å². The number of nitrogens with two attached hydrogens (primary N) is 1. The number of primary amides is 1. The predicted octanol–water partition coefficient (Wildman–Crippen LogP) is 0.515. The second-order valence-electron chi connectivity index (χ2n) is 4.08. The Labute approximate surface area is 91.5 Å². The number of alkyl halides is 3. The van der Waals surface area contributed by atoms with Gasteiger partial charge in [-0.25, -0.2) is 0 Å². The molecule has 16 heavy (non-hydrogen) atoms. The van der Waals surface area contributed by atoms with E-state index in [0.717, 1.165) is 0 Å². The Morgan fingerprint density at radius 1 is 1.56 bits per heavy atom. The highest BCUT2D eigenvalue weighted by atomic mass is 19.4. The second kappa shape index (κ2) is 4.58. The van der Waals surface area contributed by atoms with Crippen LogP contribution in [-0.4, -0.2) is 48.8 Å². The van der Waals surface area contributed by atoms with Gasteiger partial charge < -0.3 is 10.5 Å². The standard InChI is InChI=1S/C9H15F3N2O2/c1-8(7(13)15)6-14(4-5-16-8)3-2-9(10,11)12/h2-6H2,1H3,(H2,13,15)/t8-/m1/s1. The lowest BCUT2D eigenvalue weighted by Crippen LogP contribution is -2.57. The molecule has 1 aliphatic heterocycles. The lowest BCUT2D eigenvalue weighted by molar-refractivity contribution is -0.160. The van der Waals surface area contributed by atoms with Crippen LogP contribution in [0.3, 0.4) is 0 Å². The molecule has 7 heteroatoms. The molecule has 0 aromatic heterocycles. The molecule has 1 aliphatic rings. The number of carbonyl (C=O) groups excluding carboxylic acids is 1. The highest BCUT2D eigenvalue weighted by molar-refractivity contribution is 5.83. The first-order chi connectivity index (χ1) is 7.23. The van der Waals surface area contributed by atoms with E-state index >= 15 is 0 Å². The first-order valence-electron chi connectivity index (χ1n) is 4.96. The van der Waals surface area contributed by atoms with Crippen molar-refractivity contribution in [3.05, 3.63) is 0 Å². The van der Waals surface area contributed by atoms with Gasteiger partial charge in [-0.3, -0.25) is 9.69 Å². The minimum atomic E-state index is -4.18. The third-order valence-electron chi connectivity index (χ3n) is 2.59. The molecule has 0 aromatic carbocycles. The summed E-state index contributed by atoms with van der Waals surface area (Å²) < 4.78 is 41.2. The number of hydrogen-bond donors (Lipinski definition) is 1. The van der Waals surface area contributed by atoms with Crippen molar-refractivity contribution < 1.29 is 22.7 Å². The quantitative estimate of drug-likeness (QED) is 0.782. The van der Waals surface area contributed by atoms with Gasteiger partial charge in [-0.15, -0.1) is 0 Å². The number of halogens is 3. The molecule has 0 aromatic rings. The average molecular weight is 240 g/mol. The zero-order valence-electron chi connectivity index (χ0n) is 9.01. The van der Waals surface area contributed by atoms with Gasteiger partial charge >= 0.3 is 6.18 Å². The van der Waals surface area contributed by atoms with E-state index in [-0.39, 0.29) is 19.7 Å². The van der Waals surface area contributed by atoms with Crippen LogP contribution >= 0.6 is 0 Å². The normalized spacial score (nSPS) is 28.0. The summed E-state index contributed by atoms with van der Waals surface area (Å²) in [6, 6.07) is 0. The number of morpholine rings is 1. The molecular formula is C9H15F3N2O2. The predicted molar refractivity (Wildman–Crippen MR) is 50.7 cm³/mol. The smallest absolute Gasteiger partial charge is 0.367 e. The van der Waals surface area contributed by atoms with Crippen molar-refractivity contribution in [2.24, 2.45) is 5.73 Å². The number of ether oxygens (including phenoxy) is 1. The fourth-order valence-corrected chi connectivity index (χ4v) is 1.58. The van der Waals surface area contributed by atoms with Gasteiger partial charge in [-0.05, 0) is 6.92 Å². The van der Waals surface area contributed by atoms with Gasteiger partial charge in [-0.1, -0.05) is 0 Å². The molecule has 1 atom stereocenters. The molecule has 0 radical (unpaired) electrons. The van der Waals surface area contributed by atoms with Gasteiger partial charge in [0.25, 0.3) is 5.91 Å². The Bertz CT molecular complexity index is 270. The van der Waals surface area contributed by atoms with Crippen molar-refractivity contribution in [1.82, 2.24) is 4.90 Å². The highest BCUT2D eigenvalue weighted by Gasteiger charge is 2.38. The molecule has 0 spiro atoms. The Morgan fingerprint density at radius 2 is 2.19 bits per heavy atom. The molecule has 1 rings (SSSR count). The van der Waals surface area contributed by atoms with Crippen LogP contribution in [-0.2, 0) is 9.53 Å². The minimum Gasteiger partial charge on any atom is -0.367 e. The maximum Gasteiger partial charge on any atom is 0.390 e. The highest BCUT2D eigenvalue weighted by Crippen LogP contribution is 2.22. The van der Waals surface area contributed by atoms with Crippen LogP contribution < -0.4 is 5.73 Å². The molecule has 2 N–H and O–H groups in total. The van der Waals surface area contributed by atoms with E-state index in [4.69, 9.17) is 10.5 Å². The number of rotatable bonds is 3. The van der Waals surface area contributed by atoms with Crippen LogP contribution in [0.5, 0.6) is 0 Å². The van der Waals surface area contributed by atoms with Crippen molar-refractivity contribution in [2.45, 2.75) is 25.1 Å². The Balaban J connectivity index is 2.48. The summed E-state index contributed by atoms with van der Waals surface area (Å²) >= 11 is 0. The van der Waals surface area contributed by atoms with E-state index in [0.29, 0.717) is 6.54 Å². The van der Waals surface area contributed by atoms with Gasteiger partial charge in [0.2, 0.25) is 0 Å². The van der Waals surface area contributed by atoms with Crippen molar-refractivity contribution in [3.63, 3.8) is 0 Å². The van der Waals surface area contributed by atoms with E-state index in [1.165, 1.54) is 6.92 Å². The molecule has 0 bridgehead atoms. The average Bonchev–Trinajstić information content (AvgIpc) is 2.14. The molecule has 1 amide bonds. The molecule has 1 saturated heterocycles. The topological polar surface area (TPSA) is 55.6 Å². The Morgan fingerprint density at radius 3 is 2.69 bits per heavy atom. The largest absolute Gasteiger partial charge is 0.390 e. The lowest BCUT2D eigenvalue weighted by Gasteiger charge is -2.38. The molecular weight excluding hydrogens is 225 g/mol. The van der Waals surface area contributed by atoms with E-state index in [9.17, 15) is 18.0 Å². The molecule has 0 saturated carbocycles. The summed E-state index contributed by atoms with van der Waals surface area (Å²) in [5.74, 6) is -0.649. The summed E-state index contributed by atoms with van der Waals surface area (Å²) in [5.41, 5.74) is 3.96. The minimum absolute atomic E-state index is 0.110. The fraction of sp³-hybridized carbons (Fsp3) is 0.889. The van der Waals surface area contributed by atoms with E-state index in [1.807, 2.05) is 0 Å². The van der Waals surface area contributed by atoms with Gasteiger partial charge in [0.15, 0.2) is 5.60 Å². The molecule has 0 aliphatic carbocycles. The lowest BCUT2D eigenvalue weighted by atomic mass is 10.0. The zero-order chi connectivity index (χ0) is 12.4. The summed E-state index contributed by atoms with van der Waals surface area (Å²) in [6.07, 6.45) is -5.07. The van der Waals surface area contributed by atoms with Crippen LogP contribution in [0.2, 0.25) is 0 Å². The van der Waals surface area contributed by atoms with E-state index in [2.05, 4.69) is 0 Å². The second-order valence-corrected chi connectivity index (χ2v) is 4.08. The molecule has 4 nitrogen and oxygen atoms in total. The summed E-state index contributed by atoms with van der Waals surface area (Å²) in [5, 5.41) is 0. The molecule has 1 heterocycles. The van der Waals surface area contributed by atoms with Crippen LogP contribution in [0, 0.1) is 0 Å². The number of amides is 1. The maximum absolute atomic E-state index is 12.0. The Hall–Kier alpha value is -0.820. The zero-order valence-corrected chi connectivity index (χ0v) is 9.01. The van der Waals surface area contributed by atoms with Crippen LogP contribution in [0.4, 0.5) is 13.2 Å². The van der Waals surface area contributed by atoms with Gasteiger partial charge in [0.1, 0.15) is 0 Å². The summed E-state index contributed by atoms with van der Waals surface area (Å²) in [6.45, 7) is 2.08. The maximum atomic E-state index is 12.0. The molecule has 94 valence electrons. The summed E-state index contributed by atoms with van der Waals surface area (Å²) in [7, 11) is 0. The number of carbonyl (C=O) groups is 1. The Kier molecular flexibility index (Phi) is 3.80. The van der Waals surface area contributed by atoms with Crippen molar-refractivity contribution in [3.8, 4) is 0 Å². The third kappa shape index (κ3) is 3.64. The van der Waals surface area contributed by atoms with Crippen molar-refractivity contribution in [1.29, 1.82) is 0 Å². The van der Waals surface area contributed by atoms with Gasteiger partial charge in [0.05, 0.1) is 13.0 Å². The molecule has 1 fully saturated rings.